The Morgan fingerprint density at radius 2 is 2.26 bits per heavy atom. The van der Waals surface area contributed by atoms with Crippen molar-refractivity contribution in [1.82, 2.24) is 9.88 Å². The molecule has 19 heavy (non-hydrogen) atoms. The summed E-state index contributed by atoms with van der Waals surface area (Å²) in [7, 11) is 2.09. The lowest BCUT2D eigenvalue weighted by Crippen LogP contribution is -2.34. The predicted octanol–water partition coefficient (Wildman–Crippen LogP) is 3.37. The number of hydrogen-bond acceptors (Lipinski definition) is 3. The van der Waals surface area contributed by atoms with Crippen LogP contribution in [0.15, 0.2) is 48.3 Å². The molecule has 1 rings (SSSR count). The van der Waals surface area contributed by atoms with Gasteiger partial charge in [0.05, 0.1) is 5.69 Å². The molecule has 0 aromatic carbocycles. The highest BCUT2D eigenvalue weighted by Gasteiger charge is 2.12. The molecule has 1 aromatic heterocycles. The van der Waals surface area contributed by atoms with E-state index in [1.807, 2.05) is 26.1 Å². The third-order valence-electron chi connectivity index (χ3n) is 3.15. The summed E-state index contributed by atoms with van der Waals surface area (Å²) in [5.74, 6) is 0. The fraction of sp³-hybridized carbons (Fsp3) is 0.375. The van der Waals surface area contributed by atoms with E-state index in [0.717, 1.165) is 18.0 Å². The van der Waals surface area contributed by atoms with Crippen LogP contribution < -0.4 is 0 Å². The molecule has 0 bridgehead atoms. The molecule has 1 aromatic rings. The van der Waals surface area contributed by atoms with Crippen LogP contribution in [0.25, 0.3) is 0 Å². The Labute approximate surface area is 116 Å². The van der Waals surface area contributed by atoms with Gasteiger partial charge in [-0.05, 0) is 45.5 Å². The number of aliphatic imine (C=N–C) groups is 1. The van der Waals surface area contributed by atoms with E-state index in [4.69, 9.17) is 0 Å². The molecule has 102 valence electrons. The van der Waals surface area contributed by atoms with Gasteiger partial charge in [0, 0.05) is 30.7 Å². The molecule has 0 amide bonds. The van der Waals surface area contributed by atoms with E-state index in [2.05, 4.69) is 47.6 Å². The number of allylic oxidation sites excluding steroid dienone is 2. The summed E-state index contributed by atoms with van der Waals surface area (Å²) in [4.78, 5) is 11.1. The van der Waals surface area contributed by atoms with Crippen molar-refractivity contribution < 1.29 is 0 Å². The predicted molar refractivity (Wildman–Crippen MR) is 82.3 cm³/mol. The zero-order chi connectivity index (χ0) is 14.3. The molecule has 0 unspecified atom stereocenters. The molecular weight excluding hydrogens is 234 g/mol. The van der Waals surface area contributed by atoms with Crippen LogP contribution in [-0.4, -0.2) is 28.7 Å². The highest BCUT2D eigenvalue weighted by Crippen LogP contribution is 2.06. The van der Waals surface area contributed by atoms with Crippen molar-refractivity contribution >= 4 is 5.71 Å². The van der Waals surface area contributed by atoms with Crippen LogP contribution in [0.3, 0.4) is 0 Å². The van der Waals surface area contributed by atoms with E-state index < -0.39 is 0 Å². The maximum absolute atomic E-state index is 4.43. The Morgan fingerprint density at radius 1 is 1.53 bits per heavy atom. The number of pyridine rings is 1. The summed E-state index contributed by atoms with van der Waals surface area (Å²) in [6.45, 7) is 10.7. The minimum atomic E-state index is 0.276. The van der Waals surface area contributed by atoms with E-state index in [1.54, 1.807) is 12.3 Å². The summed E-state index contributed by atoms with van der Waals surface area (Å²) in [5, 5.41) is 0. The monoisotopic (exact) mass is 257 g/mol. The second-order valence-corrected chi connectivity index (χ2v) is 4.77. The van der Waals surface area contributed by atoms with Gasteiger partial charge in [0.1, 0.15) is 0 Å². The average molecular weight is 257 g/mol. The molecule has 0 saturated heterocycles. The van der Waals surface area contributed by atoms with Crippen molar-refractivity contribution in [3.8, 4) is 0 Å². The average Bonchev–Trinajstić information content (AvgIpc) is 2.40. The zero-order valence-corrected chi connectivity index (χ0v) is 12.3. The Bertz CT molecular complexity index is 457. The molecular formula is C16H23N3. The zero-order valence-electron chi connectivity index (χ0n) is 12.3. The third kappa shape index (κ3) is 5.18. The number of hydrogen-bond donors (Lipinski definition) is 0. The SMILES string of the molecule is C=C/C=C\N=C(/C)[C@@H](C)N(C)Cc1ccc(C)cn1. The number of rotatable bonds is 6. The van der Waals surface area contributed by atoms with Gasteiger partial charge in [0.25, 0.3) is 0 Å². The Hall–Kier alpha value is -1.74. The van der Waals surface area contributed by atoms with Gasteiger partial charge < -0.3 is 0 Å². The summed E-state index contributed by atoms with van der Waals surface area (Å²) in [5.41, 5.74) is 3.34. The Balaban J connectivity index is 2.63. The van der Waals surface area contributed by atoms with Gasteiger partial charge in [-0.2, -0.15) is 0 Å². The van der Waals surface area contributed by atoms with Gasteiger partial charge in [0.2, 0.25) is 0 Å². The second kappa shape index (κ2) is 7.64. The van der Waals surface area contributed by atoms with E-state index in [-0.39, 0.29) is 6.04 Å². The first-order valence-electron chi connectivity index (χ1n) is 6.48. The van der Waals surface area contributed by atoms with Crippen molar-refractivity contribution in [1.29, 1.82) is 0 Å². The van der Waals surface area contributed by atoms with Crippen molar-refractivity contribution in [3.05, 3.63) is 54.5 Å². The Morgan fingerprint density at radius 3 is 2.84 bits per heavy atom. The maximum Gasteiger partial charge on any atom is 0.0544 e. The number of nitrogens with zero attached hydrogens (tertiary/aromatic N) is 3. The third-order valence-corrected chi connectivity index (χ3v) is 3.15. The van der Waals surface area contributed by atoms with Gasteiger partial charge >= 0.3 is 0 Å². The minimum Gasteiger partial charge on any atom is -0.293 e. The van der Waals surface area contributed by atoms with E-state index in [1.165, 1.54) is 5.56 Å². The molecule has 0 fully saturated rings. The second-order valence-electron chi connectivity index (χ2n) is 4.77. The molecule has 1 heterocycles. The molecule has 1 atom stereocenters. The van der Waals surface area contributed by atoms with Crippen LogP contribution in [0.4, 0.5) is 0 Å². The van der Waals surface area contributed by atoms with Crippen molar-refractivity contribution in [3.63, 3.8) is 0 Å². The van der Waals surface area contributed by atoms with Crippen molar-refractivity contribution in [2.75, 3.05) is 7.05 Å². The summed E-state index contributed by atoms with van der Waals surface area (Å²) >= 11 is 0. The standard InChI is InChI=1S/C16H23N3/c1-6-7-10-17-14(3)15(4)19(5)12-16-9-8-13(2)11-18-16/h6-11,15H,1,12H2,2-5H3/b10-7-,17-14+/t15-/m1/s1. The van der Waals surface area contributed by atoms with Crippen LogP contribution in [0.1, 0.15) is 25.1 Å². The van der Waals surface area contributed by atoms with Crippen LogP contribution in [0.2, 0.25) is 0 Å². The highest BCUT2D eigenvalue weighted by atomic mass is 15.1. The minimum absolute atomic E-state index is 0.276. The fourth-order valence-electron chi connectivity index (χ4n) is 1.63. The summed E-state index contributed by atoms with van der Waals surface area (Å²) < 4.78 is 0. The molecule has 0 radical (unpaired) electrons. The van der Waals surface area contributed by atoms with Crippen LogP contribution in [-0.2, 0) is 6.54 Å². The van der Waals surface area contributed by atoms with E-state index >= 15 is 0 Å². The molecule has 0 saturated carbocycles. The van der Waals surface area contributed by atoms with Crippen LogP contribution >= 0.6 is 0 Å². The van der Waals surface area contributed by atoms with E-state index in [0.29, 0.717) is 0 Å². The molecule has 0 aliphatic heterocycles. The lowest BCUT2D eigenvalue weighted by Gasteiger charge is -2.24. The van der Waals surface area contributed by atoms with Gasteiger partial charge in [-0.1, -0.05) is 18.7 Å². The molecule has 0 spiro atoms. The van der Waals surface area contributed by atoms with Gasteiger partial charge in [-0.3, -0.25) is 14.9 Å². The quantitative estimate of drug-likeness (QED) is 0.577. The molecule has 3 heteroatoms. The fourth-order valence-corrected chi connectivity index (χ4v) is 1.63. The summed E-state index contributed by atoms with van der Waals surface area (Å²) in [6.07, 6.45) is 7.23. The van der Waals surface area contributed by atoms with Crippen LogP contribution in [0.5, 0.6) is 0 Å². The van der Waals surface area contributed by atoms with Gasteiger partial charge in [-0.25, -0.2) is 0 Å². The lowest BCUT2D eigenvalue weighted by molar-refractivity contribution is 0.299. The first-order valence-corrected chi connectivity index (χ1v) is 6.48. The number of aromatic nitrogens is 1. The molecule has 0 aliphatic rings. The smallest absolute Gasteiger partial charge is 0.0544 e. The highest BCUT2D eigenvalue weighted by molar-refractivity contribution is 5.87. The maximum atomic E-state index is 4.43. The van der Waals surface area contributed by atoms with Gasteiger partial charge in [-0.15, -0.1) is 0 Å². The van der Waals surface area contributed by atoms with E-state index in [9.17, 15) is 0 Å². The normalized spacial score (nSPS) is 14.1. The first-order chi connectivity index (χ1) is 9.04. The van der Waals surface area contributed by atoms with Crippen LogP contribution in [0, 0.1) is 6.92 Å². The van der Waals surface area contributed by atoms with Gasteiger partial charge in [0.15, 0.2) is 0 Å². The number of aryl methyl sites for hydroxylation is 1. The Kier molecular flexibility index (Phi) is 6.16. The largest absolute Gasteiger partial charge is 0.293 e. The van der Waals surface area contributed by atoms with Crippen molar-refractivity contribution in [2.45, 2.75) is 33.4 Å². The van der Waals surface area contributed by atoms with Crippen molar-refractivity contribution in [2.24, 2.45) is 4.99 Å². The topological polar surface area (TPSA) is 28.5 Å². The molecule has 0 N–H and O–H groups in total. The summed E-state index contributed by atoms with van der Waals surface area (Å²) in [6, 6.07) is 4.44. The molecule has 0 aliphatic carbocycles. The first kappa shape index (κ1) is 15.3. The lowest BCUT2D eigenvalue weighted by atomic mass is 10.2. The molecule has 3 nitrogen and oxygen atoms in total.